The molecule has 0 unspecified atom stereocenters. The van der Waals surface area contributed by atoms with Gasteiger partial charge in [0.2, 0.25) is 0 Å². The highest BCUT2D eigenvalue weighted by Crippen LogP contribution is 2.28. The number of aromatic nitrogens is 2. The molecule has 2 aromatic rings. The monoisotopic (exact) mass is 326 g/mol. The van der Waals surface area contributed by atoms with Crippen LogP contribution in [0, 0.1) is 6.92 Å². The van der Waals surface area contributed by atoms with E-state index < -0.39 is 0 Å². The number of hydrogen-bond acceptors (Lipinski definition) is 5. The molecule has 0 atom stereocenters. The third-order valence-electron chi connectivity index (χ3n) is 2.22. The zero-order valence-electron chi connectivity index (χ0n) is 9.94. The summed E-state index contributed by atoms with van der Waals surface area (Å²) in [6, 6.07) is 1.92. The van der Waals surface area contributed by atoms with E-state index in [1.165, 1.54) is 11.3 Å². The third-order valence-corrected chi connectivity index (χ3v) is 3.67. The normalized spacial score (nSPS) is 10.4. The van der Waals surface area contributed by atoms with E-state index in [2.05, 4.69) is 25.9 Å². The number of rotatable bonds is 3. The topological polar surface area (TPSA) is 52.1 Å². The number of halogens is 1. The maximum absolute atomic E-state index is 11.7. The van der Waals surface area contributed by atoms with Crippen LogP contribution in [0.15, 0.2) is 22.9 Å². The van der Waals surface area contributed by atoms with Crippen LogP contribution in [0.2, 0.25) is 0 Å². The van der Waals surface area contributed by atoms with E-state index in [1.807, 2.05) is 13.0 Å². The molecule has 0 bridgehead atoms. The van der Waals surface area contributed by atoms with Crippen molar-refractivity contribution in [3.8, 4) is 10.6 Å². The first-order chi connectivity index (χ1) is 8.61. The van der Waals surface area contributed by atoms with Gasteiger partial charge >= 0.3 is 5.97 Å². The minimum Gasteiger partial charge on any atom is -0.461 e. The number of ether oxygens (including phenoxy) is 1. The fourth-order valence-electron chi connectivity index (χ4n) is 1.44. The van der Waals surface area contributed by atoms with Crippen molar-refractivity contribution < 1.29 is 9.53 Å². The Kier molecular flexibility index (Phi) is 4.08. The van der Waals surface area contributed by atoms with Crippen LogP contribution in [-0.4, -0.2) is 22.5 Å². The fourth-order valence-corrected chi connectivity index (χ4v) is 2.68. The second-order valence-electron chi connectivity index (χ2n) is 3.54. The lowest BCUT2D eigenvalue weighted by Gasteiger charge is -1.98. The Morgan fingerprint density at radius 2 is 2.28 bits per heavy atom. The van der Waals surface area contributed by atoms with Gasteiger partial charge in [-0.05, 0) is 35.8 Å². The Hall–Kier alpha value is -1.27. The van der Waals surface area contributed by atoms with Crippen LogP contribution in [0.5, 0.6) is 0 Å². The second kappa shape index (κ2) is 5.58. The summed E-state index contributed by atoms with van der Waals surface area (Å²) in [7, 11) is 0. The van der Waals surface area contributed by atoms with E-state index in [0.717, 1.165) is 19.9 Å². The Labute approximate surface area is 117 Å². The number of aryl methyl sites for hydroxylation is 1. The van der Waals surface area contributed by atoms with E-state index in [9.17, 15) is 4.79 Å². The minimum atomic E-state index is -0.375. The van der Waals surface area contributed by atoms with Crippen LogP contribution in [0.1, 0.15) is 22.3 Å². The summed E-state index contributed by atoms with van der Waals surface area (Å²) in [5.41, 5.74) is 1.27. The second-order valence-corrected chi connectivity index (χ2v) is 5.65. The zero-order valence-corrected chi connectivity index (χ0v) is 12.3. The molecule has 0 spiro atoms. The smallest absolute Gasteiger partial charge is 0.358 e. The van der Waals surface area contributed by atoms with E-state index in [1.54, 1.807) is 19.3 Å². The fraction of sp³-hybridized carbons (Fsp3) is 0.250. The predicted molar refractivity (Wildman–Crippen MR) is 73.7 cm³/mol. The number of esters is 1. The van der Waals surface area contributed by atoms with Gasteiger partial charge in [-0.2, -0.15) is 0 Å². The van der Waals surface area contributed by atoms with Gasteiger partial charge in [-0.3, -0.25) is 4.98 Å². The van der Waals surface area contributed by atoms with Crippen LogP contribution >= 0.6 is 27.3 Å². The first kappa shape index (κ1) is 13.2. The van der Waals surface area contributed by atoms with Crippen molar-refractivity contribution in [2.24, 2.45) is 0 Å². The maximum atomic E-state index is 11.7. The lowest BCUT2D eigenvalue weighted by molar-refractivity contribution is 0.0519. The van der Waals surface area contributed by atoms with Gasteiger partial charge in [0.25, 0.3) is 0 Å². The van der Waals surface area contributed by atoms with Gasteiger partial charge < -0.3 is 4.74 Å². The quantitative estimate of drug-likeness (QED) is 0.810. The van der Waals surface area contributed by atoms with Crippen molar-refractivity contribution in [1.82, 2.24) is 9.97 Å². The average molecular weight is 327 g/mol. The van der Waals surface area contributed by atoms with Crippen LogP contribution in [0.25, 0.3) is 10.6 Å². The molecule has 0 aliphatic carbocycles. The lowest BCUT2D eigenvalue weighted by Crippen LogP contribution is -2.06. The highest BCUT2D eigenvalue weighted by atomic mass is 79.9. The molecule has 0 aliphatic heterocycles. The standard InChI is InChI=1S/C12H11BrN2O2S/c1-3-17-12(16)10-7(2)18-11(15-10)8-4-9(13)6-14-5-8/h4-6H,3H2,1-2H3. The Balaban J connectivity index is 2.37. The van der Waals surface area contributed by atoms with Crippen LogP contribution in [0.4, 0.5) is 0 Å². The van der Waals surface area contributed by atoms with Gasteiger partial charge in [0.15, 0.2) is 5.69 Å². The first-order valence-electron chi connectivity index (χ1n) is 5.37. The number of hydrogen-bond donors (Lipinski definition) is 0. The molecule has 2 heterocycles. The molecular formula is C12H11BrN2O2S. The molecule has 4 nitrogen and oxygen atoms in total. The van der Waals surface area contributed by atoms with Gasteiger partial charge in [0, 0.05) is 27.3 Å². The van der Waals surface area contributed by atoms with Crippen molar-refractivity contribution in [2.45, 2.75) is 13.8 Å². The summed E-state index contributed by atoms with van der Waals surface area (Å²) < 4.78 is 5.84. The van der Waals surface area contributed by atoms with Gasteiger partial charge in [-0.25, -0.2) is 9.78 Å². The molecule has 6 heteroatoms. The summed E-state index contributed by atoms with van der Waals surface area (Å²) in [6.45, 7) is 3.99. The Morgan fingerprint density at radius 3 is 2.94 bits per heavy atom. The minimum absolute atomic E-state index is 0.351. The van der Waals surface area contributed by atoms with Gasteiger partial charge in [-0.1, -0.05) is 0 Å². The summed E-state index contributed by atoms with van der Waals surface area (Å²) in [6.07, 6.45) is 3.42. The van der Waals surface area contributed by atoms with Crippen molar-refractivity contribution in [1.29, 1.82) is 0 Å². The first-order valence-corrected chi connectivity index (χ1v) is 6.98. The molecule has 0 aliphatic rings. The summed E-state index contributed by atoms with van der Waals surface area (Å²) in [5, 5.41) is 0.768. The number of thiazole rings is 1. The van der Waals surface area contributed by atoms with E-state index in [4.69, 9.17) is 4.74 Å². The molecule has 0 radical (unpaired) electrons. The molecule has 94 valence electrons. The number of nitrogens with zero attached hydrogens (tertiary/aromatic N) is 2. The Bertz CT molecular complexity index is 583. The van der Waals surface area contributed by atoms with E-state index in [0.29, 0.717) is 12.3 Å². The van der Waals surface area contributed by atoms with Crippen molar-refractivity contribution in [3.63, 3.8) is 0 Å². The molecular weight excluding hydrogens is 316 g/mol. The summed E-state index contributed by atoms with van der Waals surface area (Å²) in [5.74, 6) is -0.375. The highest BCUT2D eigenvalue weighted by molar-refractivity contribution is 9.10. The summed E-state index contributed by atoms with van der Waals surface area (Å²) in [4.78, 5) is 20.9. The Morgan fingerprint density at radius 1 is 1.50 bits per heavy atom. The van der Waals surface area contributed by atoms with E-state index in [-0.39, 0.29) is 5.97 Å². The van der Waals surface area contributed by atoms with Gasteiger partial charge in [-0.15, -0.1) is 11.3 Å². The van der Waals surface area contributed by atoms with Crippen LogP contribution < -0.4 is 0 Å². The van der Waals surface area contributed by atoms with Crippen LogP contribution in [0.3, 0.4) is 0 Å². The number of pyridine rings is 1. The zero-order chi connectivity index (χ0) is 13.1. The van der Waals surface area contributed by atoms with Crippen molar-refractivity contribution >= 4 is 33.2 Å². The molecule has 0 fully saturated rings. The SMILES string of the molecule is CCOC(=O)c1nc(-c2cncc(Br)c2)sc1C. The predicted octanol–water partition coefficient (Wildman–Crippen LogP) is 3.45. The maximum Gasteiger partial charge on any atom is 0.358 e. The molecule has 2 aromatic heterocycles. The molecule has 18 heavy (non-hydrogen) atoms. The molecule has 2 rings (SSSR count). The molecule has 0 aromatic carbocycles. The average Bonchev–Trinajstić information content (AvgIpc) is 2.72. The summed E-state index contributed by atoms with van der Waals surface area (Å²) >= 11 is 4.82. The van der Waals surface area contributed by atoms with E-state index >= 15 is 0 Å². The van der Waals surface area contributed by atoms with Gasteiger partial charge in [0.05, 0.1) is 6.61 Å². The lowest BCUT2D eigenvalue weighted by atomic mass is 10.3. The van der Waals surface area contributed by atoms with Crippen LogP contribution in [-0.2, 0) is 4.74 Å². The largest absolute Gasteiger partial charge is 0.461 e. The van der Waals surface area contributed by atoms with Crippen molar-refractivity contribution in [3.05, 3.63) is 33.5 Å². The molecule has 0 saturated heterocycles. The van der Waals surface area contributed by atoms with Gasteiger partial charge in [0.1, 0.15) is 5.01 Å². The molecule has 0 N–H and O–H groups in total. The molecule has 0 amide bonds. The number of carbonyl (C=O) groups excluding carboxylic acids is 1. The number of carbonyl (C=O) groups is 1. The highest BCUT2D eigenvalue weighted by Gasteiger charge is 2.17. The third kappa shape index (κ3) is 2.76. The van der Waals surface area contributed by atoms with Crippen molar-refractivity contribution in [2.75, 3.05) is 6.61 Å². The molecule has 0 saturated carbocycles.